The highest BCUT2D eigenvalue weighted by Gasteiger charge is 2.31. The predicted molar refractivity (Wildman–Crippen MR) is 145 cm³/mol. The van der Waals surface area contributed by atoms with Gasteiger partial charge in [-0.2, -0.15) is 13.2 Å². The molecule has 4 rings (SSSR count). The van der Waals surface area contributed by atoms with Gasteiger partial charge in [-0.3, -0.25) is 19.5 Å². The van der Waals surface area contributed by atoms with E-state index in [9.17, 15) is 22.8 Å². The number of nitrogens with zero attached hydrogens (tertiary/aromatic N) is 3. The lowest BCUT2D eigenvalue weighted by molar-refractivity contribution is -0.137. The Morgan fingerprint density at radius 3 is 2.38 bits per heavy atom. The number of benzene rings is 2. The summed E-state index contributed by atoms with van der Waals surface area (Å²) in [4.78, 5) is 33.8. The van der Waals surface area contributed by atoms with Gasteiger partial charge in [0, 0.05) is 36.6 Å². The van der Waals surface area contributed by atoms with Gasteiger partial charge < -0.3 is 10.2 Å². The number of likely N-dealkylation sites (tertiary alicyclic amines) is 1. The summed E-state index contributed by atoms with van der Waals surface area (Å²) in [5.74, 6) is 0.0246. The van der Waals surface area contributed by atoms with Crippen molar-refractivity contribution in [2.45, 2.75) is 44.8 Å². The van der Waals surface area contributed by atoms with Crippen molar-refractivity contribution < 1.29 is 22.8 Å². The Labute approximate surface area is 226 Å². The number of pyridine rings is 1. The second-order valence-electron chi connectivity index (χ2n) is 10.2. The molecule has 2 aromatic carbocycles. The molecule has 1 aromatic heterocycles. The summed E-state index contributed by atoms with van der Waals surface area (Å²) in [5.41, 5.74) is 1.49. The van der Waals surface area contributed by atoms with E-state index in [0.717, 1.165) is 30.5 Å². The first kappa shape index (κ1) is 28.3. The van der Waals surface area contributed by atoms with E-state index < -0.39 is 17.6 Å². The highest BCUT2D eigenvalue weighted by molar-refractivity contribution is 6.08. The van der Waals surface area contributed by atoms with Gasteiger partial charge in [0.2, 0.25) is 5.91 Å². The molecule has 1 N–H and O–H groups in total. The molecule has 0 saturated carbocycles. The van der Waals surface area contributed by atoms with Crippen LogP contribution < -0.4 is 5.32 Å². The number of piperidine rings is 1. The van der Waals surface area contributed by atoms with Crippen LogP contribution in [0.15, 0.2) is 66.9 Å². The molecule has 2 amide bonds. The molecule has 0 atom stereocenters. The van der Waals surface area contributed by atoms with Crippen molar-refractivity contribution >= 4 is 17.5 Å². The van der Waals surface area contributed by atoms with Crippen molar-refractivity contribution in [3.05, 3.63) is 83.6 Å². The van der Waals surface area contributed by atoms with E-state index in [0.29, 0.717) is 37.3 Å². The van der Waals surface area contributed by atoms with Crippen LogP contribution in [-0.2, 0) is 11.0 Å². The third-order valence-corrected chi connectivity index (χ3v) is 7.27. The summed E-state index contributed by atoms with van der Waals surface area (Å²) in [6.45, 7) is 5.98. The summed E-state index contributed by atoms with van der Waals surface area (Å²) in [6.07, 6.45) is -1.30. The van der Waals surface area contributed by atoms with Crippen LogP contribution in [0.3, 0.4) is 0 Å². The Morgan fingerprint density at radius 1 is 1.05 bits per heavy atom. The summed E-state index contributed by atoms with van der Waals surface area (Å²) in [7, 11) is 1.95. The van der Waals surface area contributed by atoms with Gasteiger partial charge in [-0.1, -0.05) is 24.3 Å². The lowest BCUT2D eigenvalue weighted by atomic mass is 9.89. The molecule has 3 aromatic rings. The molecule has 0 aliphatic carbocycles. The SMILES string of the molecule is CC(C)N(C)CC(=O)N1CCC(c2ccc(NC(=O)c3cccnc3-c3cccc(C(F)(F)F)c3)cc2)CC1. The van der Waals surface area contributed by atoms with Gasteiger partial charge in [-0.25, -0.2) is 0 Å². The minimum atomic E-state index is -4.49. The number of halogens is 3. The van der Waals surface area contributed by atoms with Crippen LogP contribution in [0.2, 0.25) is 0 Å². The maximum Gasteiger partial charge on any atom is 0.416 e. The van der Waals surface area contributed by atoms with E-state index in [1.165, 1.54) is 18.3 Å². The zero-order valence-electron chi connectivity index (χ0n) is 22.3. The predicted octanol–water partition coefficient (Wildman–Crippen LogP) is 6.07. The molecular weight excluding hydrogens is 505 g/mol. The second kappa shape index (κ2) is 12.0. The largest absolute Gasteiger partial charge is 0.416 e. The van der Waals surface area contributed by atoms with E-state index in [2.05, 4.69) is 24.1 Å². The molecule has 1 aliphatic heterocycles. The maximum atomic E-state index is 13.2. The van der Waals surface area contributed by atoms with Crippen molar-refractivity contribution in [1.29, 1.82) is 0 Å². The molecule has 0 bridgehead atoms. The molecule has 6 nitrogen and oxygen atoms in total. The molecule has 9 heteroatoms. The first-order chi connectivity index (χ1) is 18.5. The van der Waals surface area contributed by atoms with Crippen molar-refractivity contribution in [2.75, 3.05) is 32.0 Å². The minimum Gasteiger partial charge on any atom is -0.342 e. The molecule has 0 spiro atoms. The van der Waals surface area contributed by atoms with E-state index >= 15 is 0 Å². The summed E-state index contributed by atoms with van der Waals surface area (Å²) >= 11 is 0. The van der Waals surface area contributed by atoms with Crippen LogP contribution in [0.4, 0.5) is 18.9 Å². The Morgan fingerprint density at radius 2 is 1.74 bits per heavy atom. The Balaban J connectivity index is 1.39. The molecule has 1 fully saturated rings. The number of carbonyl (C=O) groups is 2. The average molecular weight is 539 g/mol. The lowest BCUT2D eigenvalue weighted by Gasteiger charge is -2.34. The van der Waals surface area contributed by atoms with Crippen LogP contribution in [0.5, 0.6) is 0 Å². The van der Waals surface area contributed by atoms with E-state index in [1.54, 1.807) is 12.1 Å². The summed E-state index contributed by atoms with van der Waals surface area (Å²) < 4.78 is 39.6. The smallest absolute Gasteiger partial charge is 0.342 e. The quantitative estimate of drug-likeness (QED) is 0.397. The molecule has 1 aliphatic rings. The summed E-state index contributed by atoms with van der Waals surface area (Å²) in [5, 5.41) is 2.83. The van der Waals surface area contributed by atoms with Gasteiger partial charge in [0.05, 0.1) is 23.4 Å². The molecule has 2 heterocycles. The van der Waals surface area contributed by atoms with Crippen molar-refractivity contribution in [2.24, 2.45) is 0 Å². The molecule has 39 heavy (non-hydrogen) atoms. The summed E-state index contributed by atoms with van der Waals surface area (Å²) in [6, 6.07) is 15.8. The van der Waals surface area contributed by atoms with Gasteiger partial charge in [0.25, 0.3) is 5.91 Å². The normalized spacial score (nSPS) is 14.6. The van der Waals surface area contributed by atoms with E-state index in [4.69, 9.17) is 0 Å². The van der Waals surface area contributed by atoms with Gasteiger partial charge in [-0.15, -0.1) is 0 Å². The Kier molecular flexibility index (Phi) is 8.70. The highest BCUT2D eigenvalue weighted by Crippen LogP contribution is 2.33. The lowest BCUT2D eigenvalue weighted by Crippen LogP contribution is -2.44. The van der Waals surface area contributed by atoms with Gasteiger partial charge in [0.15, 0.2) is 0 Å². The number of likely N-dealkylation sites (N-methyl/N-ethyl adjacent to an activating group) is 1. The Hall–Kier alpha value is -3.72. The number of anilines is 1. The number of carbonyl (C=O) groups excluding carboxylic acids is 2. The first-order valence-electron chi connectivity index (χ1n) is 13.0. The second-order valence-corrected chi connectivity index (χ2v) is 10.2. The zero-order chi connectivity index (χ0) is 28.2. The van der Waals surface area contributed by atoms with Crippen molar-refractivity contribution in [3.8, 4) is 11.3 Å². The van der Waals surface area contributed by atoms with Crippen molar-refractivity contribution in [3.63, 3.8) is 0 Å². The number of hydrogen-bond donors (Lipinski definition) is 1. The van der Waals surface area contributed by atoms with Gasteiger partial charge in [-0.05, 0) is 81.6 Å². The fourth-order valence-electron chi connectivity index (χ4n) is 4.66. The topological polar surface area (TPSA) is 65.5 Å². The fraction of sp³-hybridized carbons (Fsp3) is 0.367. The number of alkyl halides is 3. The van der Waals surface area contributed by atoms with Crippen molar-refractivity contribution in [1.82, 2.24) is 14.8 Å². The van der Waals surface area contributed by atoms with Crippen LogP contribution in [0.1, 0.15) is 54.1 Å². The fourth-order valence-corrected chi connectivity index (χ4v) is 4.66. The van der Waals surface area contributed by atoms with Crippen LogP contribution in [-0.4, -0.2) is 59.3 Å². The number of rotatable bonds is 7. The number of nitrogens with one attached hydrogen (secondary N) is 1. The monoisotopic (exact) mass is 538 g/mol. The standard InChI is InChI=1S/C30H33F3N4O2/c1-20(2)36(3)19-27(38)37-16-13-22(14-17-37)21-9-11-25(12-10-21)35-29(39)26-8-5-15-34-28(26)23-6-4-7-24(18-23)30(31,32)33/h4-12,15,18,20,22H,13-14,16-17,19H2,1-3H3,(H,35,39). The number of aromatic nitrogens is 1. The molecule has 0 unspecified atom stereocenters. The third-order valence-electron chi connectivity index (χ3n) is 7.27. The van der Waals surface area contributed by atoms with Crippen LogP contribution in [0, 0.1) is 0 Å². The van der Waals surface area contributed by atoms with Gasteiger partial charge in [0.1, 0.15) is 0 Å². The molecule has 0 radical (unpaired) electrons. The Bertz CT molecular complexity index is 1300. The molecule has 206 valence electrons. The average Bonchev–Trinajstić information content (AvgIpc) is 2.93. The van der Waals surface area contributed by atoms with E-state index in [-0.39, 0.29) is 22.7 Å². The van der Waals surface area contributed by atoms with Gasteiger partial charge >= 0.3 is 6.18 Å². The third kappa shape index (κ3) is 7.03. The highest BCUT2D eigenvalue weighted by atomic mass is 19.4. The van der Waals surface area contributed by atoms with Crippen LogP contribution in [0.25, 0.3) is 11.3 Å². The minimum absolute atomic E-state index is 0.155. The molecule has 1 saturated heterocycles. The molecular formula is C30H33F3N4O2. The maximum absolute atomic E-state index is 13.2. The van der Waals surface area contributed by atoms with E-state index in [1.807, 2.05) is 41.1 Å². The zero-order valence-corrected chi connectivity index (χ0v) is 22.3. The number of amides is 2. The van der Waals surface area contributed by atoms with Crippen LogP contribution >= 0.6 is 0 Å². The number of hydrogen-bond acceptors (Lipinski definition) is 4. The first-order valence-corrected chi connectivity index (χ1v) is 13.0.